The first-order valence-electron chi connectivity index (χ1n) is 7.38. The van der Waals surface area contributed by atoms with Gasteiger partial charge in [0, 0.05) is 5.92 Å². The van der Waals surface area contributed by atoms with E-state index in [0.29, 0.717) is 5.92 Å². The fourth-order valence-electron chi connectivity index (χ4n) is 2.28. The van der Waals surface area contributed by atoms with E-state index >= 15 is 0 Å². The Morgan fingerprint density at radius 1 is 1.21 bits per heavy atom. The van der Waals surface area contributed by atoms with Crippen LogP contribution in [0.2, 0.25) is 0 Å². The number of oxazole rings is 1. The van der Waals surface area contributed by atoms with Gasteiger partial charge in [-0.2, -0.15) is 0 Å². The Morgan fingerprint density at radius 2 is 1.79 bits per heavy atom. The van der Waals surface area contributed by atoms with Crippen LogP contribution in [0, 0.1) is 0 Å². The van der Waals surface area contributed by atoms with E-state index in [1.54, 1.807) is 6.20 Å². The van der Waals surface area contributed by atoms with Crippen molar-refractivity contribution in [2.24, 2.45) is 0 Å². The Kier molecular flexibility index (Phi) is 7.23. The van der Waals surface area contributed by atoms with Gasteiger partial charge >= 0.3 is 11.9 Å². The third-order valence-electron chi connectivity index (χ3n) is 3.42. The first-order chi connectivity index (χ1) is 9.19. The molecule has 1 aromatic heterocycles. The summed E-state index contributed by atoms with van der Waals surface area (Å²) in [4.78, 5) is 14.6. The lowest BCUT2D eigenvalue weighted by Gasteiger charge is -2.13. The maximum Gasteiger partial charge on any atom is 0.392 e. The van der Waals surface area contributed by atoms with Gasteiger partial charge in [0.25, 0.3) is 0 Å². The van der Waals surface area contributed by atoms with Crippen LogP contribution < -0.4 is 0 Å². The van der Waals surface area contributed by atoms with Gasteiger partial charge < -0.3 is 9.52 Å². The molecular weight excluding hydrogens is 242 g/mol. The van der Waals surface area contributed by atoms with Gasteiger partial charge in [0.15, 0.2) is 0 Å². The summed E-state index contributed by atoms with van der Waals surface area (Å²) in [6.07, 6.45) is 10.8. The number of aromatic carboxylic acids is 1. The van der Waals surface area contributed by atoms with Crippen LogP contribution in [0.15, 0.2) is 10.6 Å². The zero-order chi connectivity index (χ0) is 14.1. The standard InChI is InChI=1S/C15H25NO3/c1-3-5-7-9-12(10-8-6-4-2)13-11-16-14(19-13)15(17)18/h11-12H,3-10H2,1-2H3,(H,17,18). The van der Waals surface area contributed by atoms with Gasteiger partial charge in [-0.3, -0.25) is 0 Å². The number of carbonyl (C=O) groups is 1. The molecule has 4 nitrogen and oxygen atoms in total. The summed E-state index contributed by atoms with van der Waals surface area (Å²) in [5.41, 5.74) is 0. The van der Waals surface area contributed by atoms with Crippen LogP contribution in [0.4, 0.5) is 0 Å². The molecule has 0 saturated carbocycles. The summed E-state index contributed by atoms with van der Waals surface area (Å²) in [6.45, 7) is 4.37. The Morgan fingerprint density at radius 3 is 2.21 bits per heavy atom. The minimum atomic E-state index is -1.09. The van der Waals surface area contributed by atoms with Gasteiger partial charge in [-0.05, 0) is 12.8 Å². The molecule has 1 aromatic rings. The van der Waals surface area contributed by atoms with Gasteiger partial charge in [-0.15, -0.1) is 0 Å². The average Bonchev–Trinajstić information content (AvgIpc) is 2.87. The SMILES string of the molecule is CCCCCC(CCCCC)c1cnc(C(=O)O)o1. The van der Waals surface area contributed by atoms with Crippen LogP contribution in [0.25, 0.3) is 0 Å². The van der Waals surface area contributed by atoms with Crippen molar-refractivity contribution < 1.29 is 14.3 Å². The summed E-state index contributed by atoms with van der Waals surface area (Å²) >= 11 is 0. The van der Waals surface area contributed by atoms with Crippen molar-refractivity contribution >= 4 is 5.97 Å². The summed E-state index contributed by atoms with van der Waals surface area (Å²) in [5, 5.41) is 8.85. The number of hydrogen-bond acceptors (Lipinski definition) is 3. The fraction of sp³-hybridized carbons (Fsp3) is 0.733. The number of rotatable bonds is 10. The lowest BCUT2D eigenvalue weighted by Crippen LogP contribution is -1.99. The monoisotopic (exact) mass is 267 g/mol. The van der Waals surface area contributed by atoms with E-state index in [4.69, 9.17) is 9.52 Å². The maximum absolute atomic E-state index is 10.8. The van der Waals surface area contributed by atoms with E-state index < -0.39 is 5.97 Å². The van der Waals surface area contributed by atoms with E-state index in [2.05, 4.69) is 18.8 Å². The lowest BCUT2D eigenvalue weighted by atomic mass is 9.93. The van der Waals surface area contributed by atoms with Crippen molar-refractivity contribution in [3.05, 3.63) is 17.8 Å². The number of hydrogen-bond donors (Lipinski definition) is 1. The van der Waals surface area contributed by atoms with E-state index in [9.17, 15) is 4.79 Å². The predicted molar refractivity (Wildman–Crippen MR) is 74.5 cm³/mol. The molecule has 19 heavy (non-hydrogen) atoms. The van der Waals surface area contributed by atoms with Crippen molar-refractivity contribution in [3.8, 4) is 0 Å². The molecule has 0 fully saturated rings. The van der Waals surface area contributed by atoms with Crippen LogP contribution in [0.1, 0.15) is 87.6 Å². The first-order valence-corrected chi connectivity index (χ1v) is 7.38. The minimum Gasteiger partial charge on any atom is -0.474 e. The smallest absolute Gasteiger partial charge is 0.392 e. The maximum atomic E-state index is 10.8. The van der Waals surface area contributed by atoms with Crippen molar-refractivity contribution in [1.82, 2.24) is 4.98 Å². The van der Waals surface area contributed by atoms with E-state index in [0.717, 1.165) is 31.4 Å². The Bertz CT molecular complexity index is 363. The normalized spacial score (nSPS) is 11.1. The number of nitrogens with zero attached hydrogens (tertiary/aromatic N) is 1. The van der Waals surface area contributed by atoms with Crippen LogP contribution in [0.3, 0.4) is 0 Å². The third kappa shape index (κ3) is 5.45. The van der Waals surface area contributed by atoms with Gasteiger partial charge in [-0.1, -0.05) is 52.4 Å². The Hall–Kier alpha value is -1.32. The van der Waals surface area contributed by atoms with E-state index in [-0.39, 0.29) is 5.89 Å². The second kappa shape index (κ2) is 8.73. The predicted octanol–water partition coefficient (Wildman–Crippen LogP) is 4.62. The zero-order valence-corrected chi connectivity index (χ0v) is 12.0. The largest absolute Gasteiger partial charge is 0.474 e. The highest BCUT2D eigenvalue weighted by atomic mass is 16.4. The summed E-state index contributed by atoms with van der Waals surface area (Å²) in [5.74, 6) is -0.221. The fourth-order valence-corrected chi connectivity index (χ4v) is 2.28. The number of carboxylic acids is 1. The van der Waals surface area contributed by atoms with Gasteiger partial charge in [0.2, 0.25) is 0 Å². The van der Waals surface area contributed by atoms with Crippen molar-refractivity contribution in [2.75, 3.05) is 0 Å². The number of carboxylic acid groups (broad SMARTS) is 1. The second-order valence-electron chi connectivity index (χ2n) is 5.06. The van der Waals surface area contributed by atoms with Gasteiger partial charge in [-0.25, -0.2) is 9.78 Å². The van der Waals surface area contributed by atoms with Gasteiger partial charge in [0.1, 0.15) is 5.76 Å². The van der Waals surface area contributed by atoms with Crippen LogP contribution >= 0.6 is 0 Å². The number of aromatic nitrogens is 1. The molecule has 0 radical (unpaired) electrons. The first kappa shape index (κ1) is 15.7. The average molecular weight is 267 g/mol. The lowest BCUT2D eigenvalue weighted by molar-refractivity contribution is 0.0650. The molecular formula is C15H25NO3. The molecule has 0 unspecified atom stereocenters. The highest BCUT2D eigenvalue weighted by molar-refractivity contribution is 5.81. The molecule has 0 saturated heterocycles. The Balaban J connectivity index is 2.61. The summed E-state index contributed by atoms with van der Waals surface area (Å²) < 4.78 is 5.36. The van der Waals surface area contributed by atoms with Crippen LogP contribution in [-0.2, 0) is 0 Å². The zero-order valence-electron chi connectivity index (χ0n) is 12.0. The second-order valence-corrected chi connectivity index (χ2v) is 5.06. The highest BCUT2D eigenvalue weighted by Crippen LogP contribution is 2.28. The molecule has 108 valence electrons. The van der Waals surface area contributed by atoms with Crippen molar-refractivity contribution in [2.45, 2.75) is 71.1 Å². The summed E-state index contributed by atoms with van der Waals surface area (Å²) in [7, 11) is 0. The molecule has 0 aromatic carbocycles. The molecule has 4 heteroatoms. The molecule has 0 aliphatic carbocycles. The van der Waals surface area contributed by atoms with Gasteiger partial charge in [0.05, 0.1) is 6.20 Å². The molecule has 1 heterocycles. The molecule has 0 bridgehead atoms. The van der Waals surface area contributed by atoms with E-state index in [1.807, 2.05) is 0 Å². The topological polar surface area (TPSA) is 63.3 Å². The highest BCUT2D eigenvalue weighted by Gasteiger charge is 2.18. The van der Waals surface area contributed by atoms with Crippen LogP contribution in [0.5, 0.6) is 0 Å². The quantitative estimate of drug-likeness (QED) is 0.628. The molecule has 1 rings (SSSR count). The Labute approximate surface area is 115 Å². The van der Waals surface area contributed by atoms with Crippen LogP contribution in [-0.4, -0.2) is 16.1 Å². The van der Waals surface area contributed by atoms with Crippen molar-refractivity contribution in [3.63, 3.8) is 0 Å². The number of unbranched alkanes of at least 4 members (excludes halogenated alkanes) is 4. The minimum absolute atomic E-state index is 0.189. The molecule has 0 amide bonds. The molecule has 0 aliphatic heterocycles. The molecule has 0 spiro atoms. The van der Waals surface area contributed by atoms with Crippen molar-refractivity contribution in [1.29, 1.82) is 0 Å². The molecule has 0 aliphatic rings. The third-order valence-corrected chi connectivity index (χ3v) is 3.42. The summed E-state index contributed by atoms with van der Waals surface area (Å²) in [6, 6.07) is 0. The molecule has 0 atom stereocenters. The van der Waals surface area contributed by atoms with E-state index in [1.165, 1.54) is 25.7 Å². The molecule has 1 N–H and O–H groups in total.